The molecule has 6 heteroatoms. The Balaban J connectivity index is 1.58. The van der Waals surface area contributed by atoms with Gasteiger partial charge in [-0.05, 0) is 60.2 Å². The number of nitrogens with zero attached hydrogens (tertiary/aromatic N) is 2. The summed E-state index contributed by atoms with van der Waals surface area (Å²) in [5.41, 5.74) is 4.24. The van der Waals surface area contributed by atoms with Crippen LogP contribution >= 0.6 is 27.5 Å². The molecular weight excluding hydrogens is 452 g/mol. The molecule has 0 unspecified atom stereocenters. The van der Waals surface area contributed by atoms with E-state index in [1.807, 2.05) is 54.6 Å². The fraction of sp³-hybridized carbons (Fsp3) is 0.174. The standard InChI is InChI=1S/C23H18BrClN2O2/c1-28-18-9-4-15(5-10-18)23-27-21(19-12-17(25)8-11-22(19)29-23)13-20(26-27)14-2-6-16(24)7-3-14/h2-12,21,23H,13H2,1H3/t21-,23+/m0/s1. The average molecular weight is 470 g/mol. The maximum atomic E-state index is 6.38. The molecule has 29 heavy (non-hydrogen) atoms. The van der Waals surface area contributed by atoms with E-state index in [0.29, 0.717) is 5.02 Å². The van der Waals surface area contributed by atoms with Gasteiger partial charge in [0.15, 0.2) is 0 Å². The molecule has 0 aliphatic carbocycles. The lowest BCUT2D eigenvalue weighted by molar-refractivity contribution is -0.0190. The first-order chi connectivity index (χ1) is 14.1. The van der Waals surface area contributed by atoms with E-state index in [-0.39, 0.29) is 12.3 Å². The lowest BCUT2D eigenvalue weighted by Crippen LogP contribution is -2.33. The molecule has 3 aromatic rings. The summed E-state index contributed by atoms with van der Waals surface area (Å²) in [5.74, 6) is 1.66. The predicted octanol–water partition coefficient (Wildman–Crippen LogP) is 6.35. The average Bonchev–Trinajstić information content (AvgIpc) is 3.20. The van der Waals surface area contributed by atoms with Gasteiger partial charge in [-0.2, -0.15) is 5.10 Å². The van der Waals surface area contributed by atoms with Crippen LogP contribution in [-0.4, -0.2) is 17.8 Å². The van der Waals surface area contributed by atoms with Gasteiger partial charge in [0.05, 0.1) is 18.9 Å². The molecule has 0 N–H and O–H groups in total. The predicted molar refractivity (Wildman–Crippen MR) is 118 cm³/mol. The van der Waals surface area contributed by atoms with Crippen LogP contribution in [0.25, 0.3) is 0 Å². The summed E-state index contributed by atoms with van der Waals surface area (Å²) in [6.45, 7) is 0. The molecule has 146 valence electrons. The Morgan fingerprint density at radius 3 is 2.55 bits per heavy atom. The minimum atomic E-state index is -0.312. The number of hydrogen-bond acceptors (Lipinski definition) is 4. The van der Waals surface area contributed by atoms with Gasteiger partial charge >= 0.3 is 0 Å². The SMILES string of the molecule is COc1ccc([C@H]2Oc3ccc(Cl)cc3[C@@H]3CC(c4ccc(Br)cc4)=NN23)cc1. The quantitative estimate of drug-likeness (QED) is 0.448. The van der Waals surface area contributed by atoms with Crippen molar-refractivity contribution in [3.8, 4) is 11.5 Å². The van der Waals surface area contributed by atoms with E-state index in [1.54, 1.807) is 7.11 Å². The molecule has 0 saturated heterocycles. The highest BCUT2D eigenvalue weighted by Gasteiger charge is 2.41. The number of hydrazone groups is 1. The largest absolute Gasteiger partial charge is 0.497 e. The van der Waals surface area contributed by atoms with Crippen molar-refractivity contribution in [3.05, 3.63) is 92.9 Å². The molecule has 3 aromatic carbocycles. The van der Waals surface area contributed by atoms with Gasteiger partial charge < -0.3 is 9.47 Å². The molecule has 0 fully saturated rings. The number of hydrogen-bond donors (Lipinski definition) is 0. The topological polar surface area (TPSA) is 34.1 Å². The normalized spacial score (nSPS) is 19.8. The van der Waals surface area contributed by atoms with Crippen LogP contribution in [0, 0.1) is 0 Å². The van der Waals surface area contributed by atoms with Gasteiger partial charge in [-0.25, -0.2) is 5.01 Å². The summed E-state index contributed by atoms with van der Waals surface area (Å²) in [6, 6.07) is 22.1. The van der Waals surface area contributed by atoms with Gasteiger partial charge in [-0.3, -0.25) is 0 Å². The highest BCUT2D eigenvalue weighted by atomic mass is 79.9. The zero-order valence-corrected chi connectivity index (χ0v) is 18.0. The first-order valence-electron chi connectivity index (χ1n) is 9.34. The second kappa shape index (κ2) is 7.39. The molecule has 2 heterocycles. The summed E-state index contributed by atoms with van der Waals surface area (Å²) < 4.78 is 12.7. The van der Waals surface area contributed by atoms with E-state index in [9.17, 15) is 0 Å². The summed E-state index contributed by atoms with van der Waals surface area (Å²) in [5, 5.41) is 7.73. The smallest absolute Gasteiger partial charge is 0.213 e. The monoisotopic (exact) mass is 468 g/mol. The van der Waals surface area contributed by atoms with Crippen LogP contribution in [0.4, 0.5) is 0 Å². The Bertz CT molecular complexity index is 1080. The van der Waals surface area contributed by atoms with Crippen LogP contribution in [-0.2, 0) is 0 Å². The summed E-state index contributed by atoms with van der Waals surface area (Å²) in [4.78, 5) is 0. The van der Waals surface area contributed by atoms with Crippen molar-refractivity contribution in [3.63, 3.8) is 0 Å². The van der Waals surface area contributed by atoms with E-state index < -0.39 is 0 Å². The van der Waals surface area contributed by atoms with E-state index in [4.69, 9.17) is 26.2 Å². The van der Waals surface area contributed by atoms with Crippen molar-refractivity contribution in [2.24, 2.45) is 5.10 Å². The van der Waals surface area contributed by atoms with Crippen molar-refractivity contribution < 1.29 is 9.47 Å². The Morgan fingerprint density at radius 2 is 1.83 bits per heavy atom. The van der Waals surface area contributed by atoms with Gasteiger partial charge in [0.25, 0.3) is 0 Å². The molecular formula is C23H18BrClN2O2. The fourth-order valence-electron chi connectivity index (χ4n) is 3.86. The van der Waals surface area contributed by atoms with E-state index in [0.717, 1.165) is 44.8 Å². The van der Waals surface area contributed by atoms with E-state index in [1.165, 1.54) is 0 Å². The highest BCUT2D eigenvalue weighted by molar-refractivity contribution is 9.10. The minimum Gasteiger partial charge on any atom is -0.497 e. The fourth-order valence-corrected chi connectivity index (χ4v) is 4.31. The first kappa shape index (κ1) is 18.5. The zero-order valence-electron chi connectivity index (χ0n) is 15.7. The Hall–Kier alpha value is -2.50. The Morgan fingerprint density at radius 1 is 1.07 bits per heavy atom. The van der Waals surface area contributed by atoms with Crippen LogP contribution in [0.3, 0.4) is 0 Å². The number of halogens is 2. The molecule has 2 aliphatic rings. The molecule has 2 aliphatic heterocycles. The van der Waals surface area contributed by atoms with Crippen molar-refractivity contribution in [2.45, 2.75) is 18.7 Å². The van der Waals surface area contributed by atoms with Gasteiger partial charge in [-0.15, -0.1) is 0 Å². The zero-order chi connectivity index (χ0) is 20.0. The molecule has 0 amide bonds. The Kier molecular flexibility index (Phi) is 4.72. The third-order valence-corrected chi connectivity index (χ3v) is 6.09. The van der Waals surface area contributed by atoms with Crippen LogP contribution in [0.15, 0.2) is 76.3 Å². The number of benzene rings is 3. The van der Waals surface area contributed by atoms with Crippen LogP contribution in [0.2, 0.25) is 5.02 Å². The van der Waals surface area contributed by atoms with Gasteiger partial charge in [-0.1, -0.05) is 39.7 Å². The lowest BCUT2D eigenvalue weighted by atomic mass is 9.96. The maximum absolute atomic E-state index is 6.38. The maximum Gasteiger partial charge on any atom is 0.213 e. The summed E-state index contributed by atoms with van der Waals surface area (Å²) in [6.07, 6.45) is 0.484. The van der Waals surface area contributed by atoms with Crippen molar-refractivity contribution >= 4 is 33.2 Å². The molecule has 0 aromatic heterocycles. The highest BCUT2D eigenvalue weighted by Crippen LogP contribution is 2.48. The second-order valence-corrected chi connectivity index (χ2v) is 8.43. The van der Waals surface area contributed by atoms with Gasteiger partial charge in [0.1, 0.15) is 11.5 Å². The number of fused-ring (bicyclic) bond motifs is 3. The van der Waals surface area contributed by atoms with Crippen molar-refractivity contribution in [1.29, 1.82) is 0 Å². The van der Waals surface area contributed by atoms with Gasteiger partial charge in [0, 0.05) is 27.0 Å². The van der Waals surface area contributed by atoms with Crippen molar-refractivity contribution in [2.75, 3.05) is 7.11 Å². The molecule has 0 bridgehead atoms. The van der Waals surface area contributed by atoms with Crippen molar-refractivity contribution in [1.82, 2.24) is 5.01 Å². The number of rotatable bonds is 3. The Labute approximate surface area is 182 Å². The third-order valence-electron chi connectivity index (χ3n) is 5.33. The molecule has 0 spiro atoms. The van der Waals surface area contributed by atoms with E-state index in [2.05, 4.69) is 33.1 Å². The number of methoxy groups -OCH3 is 1. The van der Waals surface area contributed by atoms with Crippen LogP contribution < -0.4 is 9.47 Å². The molecule has 0 saturated carbocycles. The summed E-state index contributed by atoms with van der Waals surface area (Å²) >= 11 is 9.80. The molecule has 2 atom stereocenters. The number of ether oxygens (including phenoxy) is 2. The van der Waals surface area contributed by atoms with Crippen LogP contribution in [0.5, 0.6) is 11.5 Å². The minimum absolute atomic E-state index is 0.0724. The molecule has 4 nitrogen and oxygen atoms in total. The third kappa shape index (κ3) is 3.38. The summed E-state index contributed by atoms with van der Waals surface area (Å²) in [7, 11) is 1.66. The van der Waals surface area contributed by atoms with Crippen LogP contribution in [0.1, 0.15) is 35.4 Å². The first-order valence-corrected chi connectivity index (χ1v) is 10.5. The lowest BCUT2D eigenvalue weighted by Gasteiger charge is -2.38. The van der Waals surface area contributed by atoms with E-state index >= 15 is 0 Å². The second-order valence-electron chi connectivity index (χ2n) is 7.08. The molecule has 5 rings (SSSR count). The molecule has 0 radical (unpaired) electrons. The van der Waals surface area contributed by atoms with Gasteiger partial charge in [0.2, 0.25) is 6.23 Å².